The van der Waals surface area contributed by atoms with Crippen LogP contribution in [0.5, 0.6) is 0 Å². The van der Waals surface area contributed by atoms with Crippen LogP contribution in [0.1, 0.15) is 22.3 Å². The van der Waals surface area contributed by atoms with Crippen LogP contribution >= 0.6 is 11.6 Å². The summed E-state index contributed by atoms with van der Waals surface area (Å²) in [5, 5.41) is 0.0447. The van der Waals surface area contributed by atoms with Gasteiger partial charge < -0.3 is 14.5 Å². The van der Waals surface area contributed by atoms with Gasteiger partial charge >= 0.3 is 12.0 Å². The van der Waals surface area contributed by atoms with Crippen LogP contribution in [0.15, 0.2) is 36.4 Å². The largest absolute Gasteiger partial charge is 0.465 e. The molecule has 31 heavy (non-hydrogen) atoms. The highest BCUT2D eigenvalue weighted by molar-refractivity contribution is 6.33. The van der Waals surface area contributed by atoms with E-state index in [9.17, 15) is 18.4 Å². The van der Waals surface area contributed by atoms with E-state index in [0.717, 1.165) is 18.6 Å². The molecule has 0 spiro atoms. The minimum atomic E-state index is -0.661. The van der Waals surface area contributed by atoms with Crippen LogP contribution in [-0.2, 0) is 11.3 Å². The number of rotatable bonds is 5. The summed E-state index contributed by atoms with van der Waals surface area (Å²) in [5.41, 5.74) is 0.525. The third-order valence-electron chi connectivity index (χ3n) is 5.40. The van der Waals surface area contributed by atoms with Gasteiger partial charge in [-0.1, -0.05) is 17.7 Å². The molecule has 166 valence electrons. The lowest BCUT2D eigenvalue weighted by Gasteiger charge is -2.29. The van der Waals surface area contributed by atoms with Crippen LogP contribution in [0, 0.1) is 11.6 Å². The summed E-state index contributed by atoms with van der Waals surface area (Å²) in [6.07, 6.45) is 0.811. The van der Waals surface area contributed by atoms with Gasteiger partial charge in [0.1, 0.15) is 11.6 Å². The molecule has 3 rings (SSSR count). The molecule has 9 heteroatoms. The number of amides is 2. The molecule has 0 bridgehead atoms. The van der Waals surface area contributed by atoms with E-state index in [2.05, 4.69) is 4.74 Å². The summed E-state index contributed by atoms with van der Waals surface area (Å²) in [6.45, 7) is 0.923. The number of halogens is 3. The average Bonchev–Trinajstić information content (AvgIpc) is 3.23. The number of carbonyl (C=O) groups is 2. The van der Waals surface area contributed by atoms with Gasteiger partial charge in [0.15, 0.2) is 0 Å². The number of likely N-dealkylation sites (N-methyl/N-ethyl adjacent to an activating group) is 1. The summed E-state index contributed by atoms with van der Waals surface area (Å²) < 4.78 is 32.9. The molecule has 2 aromatic rings. The number of ether oxygens (including phenoxy) is 1. The van der Waals surface area contributed by atoms with E-state index in [1.165, 1.54) is 36.3 Å². The van der Waals surface area contributed by atoms with Crippen LogP contribution < -0.4 is 4.90 Å². The zero-order chi connectivity index (χ0) is 22.7. The van der Waals surface area contributed by atoms with Crippen LogP contribution in [0.25, 0.3) is 0 Å². The second-order valence-corrected chi connectivity index (χ2v) is 8.02. The van der Waals surface area contributed by atoms with Crippen LogP contribution in [0.3, 0.4) is 0 Å². The molecule has 1 fully saturated rings. The first-order chi connectivity index (χ1) is 14.7. The molecule has 2 aromatic carbocycles. The fourth-order valence-electron chi connectivity index (χ4n) is 3.55. The molecule has 0 saturated carbocycles. The minimum absolute atomic E-state index is 0.0447. The highest BCUT2D eigenvalue weighted by atomic mass is 35.5. The van der Waals surface area contributed by atoms with Crippen LogP contribution in [0.2, 0.25) is 5.02 Å². The number of urea groups is 1. The zero-order valence-corrected chi connectivity index (χ0v) is 18.3. The van der Waals surface area contributed by atoms with E-state index < -0.39 is 17.6 Å². The smallest absolute Gasteiger partial charge is 0.337 e. The summed E-state index contributed by atoms with van der Waals surface area (Å²) in [5.74, 6) is -1.86. The molecule has 6 nitrogen and oxygen atoms in total. The molecular formula is C22H24ClF2N3O3. The number of carbonyl (C=O) groups excluding carboxylic acids is 2. The molecule has 1 aliphatic heterocycles. The van der Waals surface area contributed by atoms with Crippen molar-refractivity contribution in [1.82, 2.24) is 9.80 Å². The second kappa shape index (κ2) is 9.62. The third kappa shape index (κ3) is 5.14. The Morgan fingerprint density at radius 1 is 1.19 bits per heavy atom. The molecular weight excluding hydrogens is 428 g/mol. The van der Waals surface area contributed by atoms with Gasteiger partial charge in [0.2, 0.25) is 0 Å². The predicted molar refractivity (Wildman–Crippen MR) is 114 cm³/mol. The quantitative estimate of drug-likeness (QED) is 0.640. The molecule has 2 amide bonds. The zero-order valence-electron chi connectivity index (χ0n) is 17.6. The molecule has 1 heterocycles. The fraction of sp³-hybridized carbons (Fsp3) is 0.364. The predicted octanol–water partition coefficient (Wildman–Crippen LogP) is 4.17. The lowest BCUT2D eigenvalue weighted by atomic mass is 10.1. The number of esters is 1. The molecule has 0 aromatic heterocycles. The highest BCUT2D eigenvalue weighted by Gasteiger charge is 2.32. The molecule has 1 aliphatic rings. The standard InChI is InChI=1S/C22H24ClF2N3O3/c1-26(2)17-8-9-27(13-17)22(30)28(20-7-6-16(24)11-18(20)23)12-15-5-4-14(10-19(15)25)21(29)31-3/h4-7,10-11,17H,8-9,12-13H2,1-3H3/t17-/m1/s1. The van der Waals surface area contributed by atoms with Gasteiger partial charge in [-0.05, 0) is 50.8 Å². The second-order valence-electron chi connectivity index (χ2n) is 7.61. The van der Waals surface area contributed by atoms with Gasteiger partial charge in [0.25, 0.3) is 0 Å². The Bertz CT molecular complexity index is 986. The lowest BCUT2D eigenvalue weighted by Crippen LogP contribution is -2.43. The Labute approximate surface area is 184 Å². The van der Waals surface area contributed by atoms with Gasteiger partial charge in [-0.3, -0.25) is 4.90 Å². The maximum Gasteiger partial charge on any atom is 0.337 e. The number of nitrogens with zero attached hydrogens (tertiary/aromatic N) is 3. The molecule has 1 atom stereocenters. The number of likely N-dealkylation sites (tertiary alicyclic amines) is 1. The number of benzene rings is 2. The Hall–Kier alpha value is -2.71. The first-order valence-corrected chi connectivity index (χ1v) is 10.1. The molecule has 0 N–H and O–H groups in total. The van der Waals surface area contributed by atoms with Crippen LogP contribution in [-0.4, -0.2) is 62.1 Å². The molecule has 1 saturated heterocycles. The normalized spacial score (nSPS) is 16.0. The first-order valence-electron chi connectivity index (χ1n) is 9.76. The van der Waals surface area contributed by atoms with Gasteiger partial charge in [0, 0.05) is 24.7 Å². The number of methoxy groups -OCH3 is 1. The van der Waals surface area contributed by atoms with Gasteiger partial charge in [-0.25, -0.2) is 18.4 Å². The molecule has 0 aliphatic carbocycles. The van der Waals surface area contributed by atoms with Crippen molar-refractivity contribution in [3.8, 4) is 0 Å². The monoisotopic (exact) mass is 451 g/mol. The van der Waals surface area contributed by atoms with Gasteiger partial charge in [-0.15, -0.1) is 0 Å². The summed E-state index contributed by atoms with van der Waals surface area (Å²) in [6, 6.07) is 7.48. The summed E-state index contributed by atoms with van der Waals surface area (Å²) >= 11 is 6.23. The molecule has 0 unspecified atom stereocenters. The van der Waals surface area contributed by atoms with Crippen LogP contribution in [0.4, 0.5) is 19.3 Å². The Morgan fingerprint density at radius 2 is 1.94 bits per heavy atom. The van der Waals surface area contributed by atoms with E-state index in [4.69, 9.17) is 11.6 Å². The number of hydrogen-bond acceptors (Lipinski definition) is 4. The highest BCUT2D eigenvalue weighted by Crippen LogP contribution is 2.30. The molecule has 0 radical (unpaired) electrons. The number of anilines is 1. The van der Waals surface area contributed by atoms with Crippen molar-refractivity contribution in [3.05, 3.63) is 64.2 Å². The van der Waals surface area contributed by atoms with Crippen molar-refractivity contribution in [3.63, 3.8) is 0 Å². The Kier molecular flexibility index (Phi) is 7.12. The average molecular weight is 452 g/mol. The van der Waals surface area contributed by atoms with Gasteiger partial charge in [-0.2, -0.15) is 0 Å². The summed E-state index contributed by atoms with van der Waals surface area (Å²) in [4.78, 5) is 30.1. The Balaban J connectivity index is 1.93. The van der Waals surface area contributed by atoms with Gasteiger partial charge in [0.05, 0.1) is 29.9 Å². The SMILES string of the molecule is COC(=O)c1ccc(CN(C(=O)N2CC[C@@H](N(C)C)C2)c2ccc(F)cc2Cl)c(F)c1. The van der Waals surface area contributed by atoms with Crippen molar-refractivity contribution < 1.29 is 23.1 Å². The maximum atomic E-state index is 14.7. The van der Waals surface area contributed by atoms with E-state index in [0.29, 0.717) is 13.1 Å². The third-order valence-corrected chi connectivity index (χ3v) is 5.70. The van der Waals surface area contributed by atoms with Crippen molar-refractivity contribution in [2.45, 2.75) is 19.0 Å². The van der Waals surface area contributed by atoms with Crippen molar-refractivity contribution >= 4 is 29.3 Å². The number of hydrogen-bond donors (Lipinski definition) is 0. The lowest BCUT2D eigenvalue weighted by molar-refractivity contribution is 0.0600. The van der Waals surface area contributed by atoms with Crippen molar-refractivity contribution in [1.29, 1.82) is 0 Å². The topological polar surface area (TPSA) is 53.1 Å². The summed E-state index contributed by atoms with van der Waals surface area (Å²) in [7, 11) is 5.11. The fourth-order valence-corrected chi connectivity index (χ4v) is 3.82. The maximum absolute atomic E-state index is 14.7. The Morgan fingerprint density at radius 3 is 2.52 bits per heavy atom. The van der Waals surface area contributed by atoms with E-state index in [-0.39, 0.29) is 40.5 Å². The van der Waals surface area contributed by atoms with E-state index >= 15 is 0 Å². The minimum Gasteiger partial charge on any atom is -0.465 e. The van der Waals surface area contributed by atoms with E-state index in [1.807, 2.05) is 19.0 Å². The van der Waals surface area contributed by atoms with Crippen molar-refractivity contribution in [2.75, 3.05) is 39.2 Å². The van der Waals surface area contributed by atoms with Crippen molar-refractivity contribution in [2.24, 2.45) is 0 Å². The first kappa shape index (κ1) is 23.0. The van der Waals surface area contributed by atoms with E-state index in [1.54, 1.807) is 4.90 Å².